The number of hydrogen-bond acceptors (Lipinski definition) is 3. The van der Waals surface area contributed by atoms with Gasteiger partial charge in [0.15, 0.2) is 5.58 Å². The van der Waals surface area contributed by atoms with Crippen molar-refractivity contribution in [1.82, 2.24) is 9.57 Å². The van der Waals surface area contributed by atoms with Crippen LogP contribution >= 0.6 is 6.19 Å². The molecule has 0 bridgehead atoms. The fourth-order valence-electron chi connectivity index (χ4n) is 2.37. The van der Waals surface area contributed by atoms with Gasteiger partial charge in [0.2, 0.25) is 0 Å². The van der Waals surface area contributed by atoms with E-state index in [9.17, 15) is 0 Å². The predicted molar refractivity (Wildman–Crippen MR) is 84.1 cm³/mol. The number of nitrogens with zero attached hydrogens (tertiary/aromatic N) is 3. The molecule has 5 heteroatoms. The summed E-state index contributed by atoms with van der Waals surface area (Å²) in [7, 11) is 4.07. The third kappa shape index (κ3) is 1.93. The van der Waals surface area contributed by atoms with Crippen LogP contribution in [0.15, 0.2) is 29.3 Å². The molecule has 1 aliphatic heterocycles. The Bertz CT molecular complexity index is 521. The van der Waals surface area contributed by atoms with Crippen LogP contribution < -0.4 is 5.30 Å². The number of benzene rings is 1. The summed E-state index contributed by atoms with van der Waals surface area (Å²) in [6.45, 7) is 6.28. The van der Waals surface area contributed by atoms with Crippen molar-refractivity contribution in [2.75, 3.05) is 27.2 Å². The van der Waals surface area contributed by atoms with Gasteiger partial charge in [0.1, 0.15) is 6.19 Å². The van der Waals surface area contributed by atoms with E-state index in [1.165, 1.54) is 5.30 Å². The van der Waals surface area contributed by atoms with Crippen LogP contribution in [-0.4, -0.2) is 42.3 Å². The summed E-state index contributed by atoms with van der Waals surface area (Å²) in [5.41, 5.74) is 2.11. The highest BCUT2D eigenvalue weighted by atomic mass is 32.4. The highest BCUT2D eigenvalue weighted by Gasteiger charge is 2.39. The van der Waals surface area contributed by atoms with Crippen LogP contribution in [-0.2, 0) is 11.8 Å². The van der Waals surface area contributed by atoms with Gasteiger partial charge in [-0.3, -0.25) is 4.67 Å². The second-order valence-electron chi connectivity index (χ2n) is 4.51. The first-order valence-electron chi connectivity index (χ1n) is 6.27. The van der Waals surface area contributed by atoms with Crippen molar-refractivity contribution < 1.29 is 0 Å². The second kappa shape index (κ2) is 5.12. The molecule has 1 heterocycles. The van der Waals surface area contributed by atoms with Crippen molar-refractivity contribution in [3.8, 4) is 0 Å². The first-order valence-corrected chi connectivity index (χ1v) is 9.02. The largest absolute Gasteiger partial charge is 0.361 e. The molecule has 0 aromatic heterocycles. The lowest BCUT2D eigenvalue weighted by Gasteiger charge is -2.34. The summed E-state index contributed by atoms with van der Waals surface area (Å²) in [4.78, 5) is 6.85. The van der Waals surface area contributed by atoms with Crippen LogP contribution in [0.4, 0.5) is 5.69 Å². The third-order valence-electron chi connectivity index (χ3n) is 3.23. The maximum absolute atomic E-state index is 6.10. The Hall–Kier alpha value is -0.700. The van der Waals surface area contributed by atoms with E-state index < -0.39 is 6.19 Å². The van der Waals surface area contributed by atoms with E-state index in [-0.39, 0.29) is 0 Å². The predicted octanol–water partition coefficient (Wildman–Crippen LogP) is 2.61. The minimum Gasteiger partial charge on any atom is -0.361 e. The van der Waals surface area contributed by atoms with Gasteiger partial charge < -0.3 is 4.90 Å². The van der Waals surface area contributed by atoms with Crippen LogP contribution in [0.25, 0.3) is 0 Å². The molecule has 2 rings (SSSR count). The molecule has 1 unspecified atom stereocenters. The maximum Gasteiger partial charge on any atom is 0.156 e. The lowest BCUT2D eigenvalue weighted by molar-refractivity contribution is 0.510. The zero-order valence-corrected chi connectivity index (χ0v) is 13.1. The van der Waals surface area contributed by atoms with E-state index >= 15 is 0 Å². The molecule has 1 atom stereocenters. The van der Waals surface area contributed by atoms with Gasteiger partial charge in [-0.1, -0.05) is 37.8 Å². The van der Waals surface area contributed by atoms with Crippen molar-refractivity contribution >= 4 is 34.6 Å². The van der Waals surface area contributed by atoms with Crippen molar-refractivity contribution in [2.45, 2.75) is 13.8 Å². The first-order chi connectivity index (χ1) is 8.55. The minimum atomic E-state index is -1.89. The fraction of sp³-hybridized carbons (Fsp3) is 0.462. The average Bonchev–Trinajstić information content (AvgIpc) is 2.66. The number of para-hydroxylation sites is 1. The van der Waals surface area contributed by atoms with Crippen molar-refractivity contribution in [1.29, 1.82) is 0 Å². The zero-order valence-electron chi connectivity index (χ0n) is 11.4. The van der Waals surface area contributed by atoms with E-state index in [0.29, 0.717) is 0 Å². The van der Waals surface area contributed by atoms with Crippen molar-refractivity contribution in [3.05, 3.63) is 24.3 Å². The molecule has 1 aliphatic rings. The minimum absolute atomic E-state index is 0.967. The molecule has 0 saturated carbocycles. The molecule has 0 aliphatic carbocycles. The normalized spacial score (nSPS) is 21.9. The Labute approximate surface area is 115 Å². The lowest BCUT2D eigenvalue weighted by Crippen LogP contribution is -2.33. The van der Waals surface area contributed by atoms with Gasteiger partial charge in [0.05, 0.1) is 5.69 Å². The Balaban J connectivity index is 2.62. The van der Waals surface area contributed by atoms with E-state index in [0.717, 1.165) is 24.4 Å². The van der Waals surface area contributed by atoms with Gasteiger partial charge in [-0.2, -0.15) is 0 Å². The standard InChI is InChI=1S/C13H20N3PS/c1-5-16(6-2)17(18)12-10-8-7-9-11(12)14-13(17)15(3)4/h7-10H,5-6H2,1-4H3. The van der Waals surface area contributed by atoms with Crippen LogP contribution in [0.2, 0.25) is 0 Å². The number of rotatable bonds is 3. The maximum atomic E-state index is 6.10. The van der Waals surface area contributed by atoms with E-state index in [4.69, 9.17) is 16.8 Å². The average molecular weight is 281 g/mol. The Morgan fingerprint density at radius 3 is 2.33 bits per heavy atom. The van der Waals surface area contributed by atoms with Crippen LogP contribution in [0, 0.1) is 0 Å². The summed E-state index contributed by atoms with van der Waals surface area (Å²) in [5, 5.41) is 1.24. The van der Waals surface area contributed by atoms with Gasteiger partial charge in [-0.25, -0.2) is 4.99 Å². The van der Waals surface area contributed by atoms with Gasteiger partial charge in [-0.15, -0.1) is 0 Å². The van der Waals surface area contributed by atoms with E-state index in [1.54, 1.807) is 0 Å². The topological polar surface area (TPSA) is 18.8 Å². The molecule has 0 N–H and O–H groups in total. The molecule has 18 heavy (non-hydrogen) atoms. The molecular formula is C13H20N3PS. The highest BCUT2D eigenvalue weighted by Crippen LogP contribution is 2.56. The number of aliphatic imine (C=N–C) groups is 1. The lowest BCUT2D eigenvalue weighted by atomic mass is 10.3. The molecule has 1 aromatic rings. The second-order valence-corrected chi connectivity index (χ2v) is 8.69. The van der Waals surface area contributed by atoms with Crippen LogP contribution in [0.1, 0.15) is 13.8 Å². The Morgan fingerprint density at radius 2 is 1.78 bits per heavy atom. The summed E-state index contributed by atoms with van der Waals surface area (Å²) < 4.78 is 2.40. The van der Waals surface area contributed by atoms with Crippen LogP contribution in [0.5, 0.6) is 0 Å². The Kier molecular flexibility index (Phi) is 3.90. The molecule has 1 aromatic carbocycles. The molecule has 0 amide bonds. The number of amidine groups is 1. The molecule has 0 spiro atoms. The molecular weight excluding hydrogens is 261 g/mol. The zero-order chi connectivity index (χ0) is 13.3. The van der Waals surface area contributed by atoms with Gasteiger partial charge >= 0.3 is 0 Å². The highest BCUT2D eigenvalue weighted by molar-refractivity contribution is 8.25. The monoisotopic (exact) mass is 281 g/mol. The smallest absolute Gasteiger partial charge is 0.156 e. The fourth-order valence-corrected chi connectivity index (χ4v) is 7.22. The van der Waals surface area contributed by atoms with E-state index in [1.807, 2.05) is 20.2 Å². The summed E-state index contributed by atoms with van der Waals surface area (Å²) in [5.74, 6) is 0. The number of fused-ring (bicyclic) bond motifs is 1. The number of hydrogen-bond donors (Lipinski definition) is 0. The summed E-state index contributed by atoms with van der Waals surface area (Å²) in [6, 6.07) is 8.31. The summed E-state index contributed by atoms with van der Waals surface area (Å²) in [6.07, 6.45) is -1.89. The van der Waals surface area contributed by atoms with E-state index in [2.05, 4.69) is 41.6 Å². The van der Waals surface area contributed by atoms with Gasteiger partial charge in [-0.05, 0) is 12.1 Å². The van der Waals surface area contributed by atoms with Crippen molar-refractivity contribution in [2.24, 2.45) is 4.99 Å². The molecule has 3 nitrogen and oxygen atoms in total. The molecule has 98 valence electrons. The first kappa shape index (κ1) is 13.7. The summed E-state index contributed by atoms with van der Waals surface area (Å²) >= 11 is 6.10. The quantitative estimate of drug-likeness (QED) is 0.794. The third-order valence-corrected chi connectivity index (χ3v) is 8.44. The van der Waals surface area contributed by atoms with Gasteiger partial charge in [0, 0.05) is 32.5 Å². The Morgan fingerprint density at radius 1 is 1.17 bits per heavy atom. The molecule has 0 saturated heterocycles. The molecule has 0 fully saturated rings. The van der Waals surface area contributed by atoms with Gasteiger partial charge in [0.25, 0.3) is 0 Å². The molecule has 0 radical (unpaired) electrons. The SMILES string of the molecule is CCN(CC)P1(=S)C(N(C)C)=Nc2ccccc21. The van der Waals surface area contributed by atoms with Crippen molar-refractivity contribution in [3.63, 3.8) is 0 Å². The van der Waals surface area contributed by atoms with Crippen LogP contribution in [0.3, 0.4) is 0 Å².